The molecule has 0 fully saturated rings. The van der Waals surface area contributed by atoms with Crippen LogP contribution in [0.2, 0.25) is 0 Å². The number of hydrogen-bond donors (Lipinski definition) is 1. The molecule has 0 aliphatic carbocycles. The molecule has 0 bridgehead atoms. The van der Waals surface area contributed by atoms with Crippen molar-refractivity contribution in [1.82, 2.24) is 10.3 Å². The highest BCUT2D eigenvalue weighted by molar-refractivity contribution is 9.10. The molecule has 106 valence electrons. The first kappa shape index (κ1) is 15.1. The van der Waals surface area contributed by atoms with Crippen LogP contribution in [0.25, 0.3) is 0 Å². The van der Waals surface area contributed by atoms with Crippen LogP contribution in [0.3, 0.4) is 0 Å². The average Bonchev–Trinajstić information content (AvgIpc) is 2.48. The molecule has 0 aliphatic rings. The topological polar surface area (TPSA) is 24.9 Å². The maximum Gasteiger partial charge on any atom is 0.123 e. The molecule has 2 nitrogen and oxygen atoms in total. The van der Waals surface area contributed by atoms with Crippen LogP contribution in [0.15, 0.2) is 47.2 Å². The molecule has 0 amide bonds. The largest absolute Gasteiger partial charge is 0.310 e. The zero-order chi connectivity index (χ0) is 14.4. The number of nitrogens with zero attached hydrogens (tertiary/aromatic N) is 1. The van der Waals surface area contributed by atoms with Crippen LogP contribution >= 0.6 is 15.9 Å². The molecule has 1 heterocycles. The van der Waals surface area contributed by atoms with Crippen LogP contribution in [0.4, 0.5) is 4.39 Å². The Kier molecular flexibility index (Phi) is 5.68. The molecule has 0 radical (unpaired) electrons. The van der Waals surface area contributed by atoms with Crippen molar-refractivity contribution in [3.63, 3.8) is 0 Å². The van der Waals surface area contributed by atoms with Crippen molar-refractivity contribution in [2.24, 2.45) is 0 Å². The lowest BCUT2D eigenvalue weighted by Gasteiger charge is -2.19. The van der Waals surface area contributed by atoms with Crippen LogP contribution < -0.4 is 5.32 Å². The van der Waals surface area contributed by atoms with Crippen LogP contribution in [0.5, 0.6) is 0 Å². The van der Waals surface area contributed by atoms with Crippen molar-refractivity contribution < 1.29 is 4.39 Å². The minimum atomic E-state index is -0.202. The summed E-state index contributed by atoms with van der Waals surface area (Å²) in [4.78, 5) is 4.05. The van der Waals surface area contributed by atoms with E-state index in [-0.39, 0.29) is 11.9 Å². The van der Waals surface area contributed by atoms with E-state index in [1.807, 2.05) is 12.1 Å². The molecule has 1 N–H and O–H groups in total. The number of nitrogens with one attached hydrogen (secondary N) is 1. The molecular weight excluding hydrogens is 319 g/mol. The zero-order valence-corrected chi connectivity index (χ0v) is 13.0. The van der Waals surface area contributed by atoms with Gasteiger partial charge < -0.3 is 5.32 Å². The lowest BCUT2D eigenvalue weighted by Crippen LogP contribution is -2.24. The number of halogens is 2. The van der Waals surface area contributed by atoms with Gasteiger partial charge in [0, 0.05) is 22.9 Å². The Balaban J connectivity index is 2.21. The number of rotatable bonds is 6. The molecule has 1 atom stereocenters. The van der Waals surface area contributed by atoms with Crippen molar-refractivity contribution >= 4 is 15.9 Å². The predicted octanol–water partition coefficient (Wildman–Crippen LogP) is 4.27. The highest BCUT2D eigenvalue weighted by Crippen LogP contribution is 2.24. The third-order valence-electron chi connectivity index (χ3n) is 3.18. The third kappa shape index (κ3) is 4.12. The SMILES string of the molecule is CCCNC(Cc1cc(F)ccc1Br)c1ccncc1. The molecule has 0 saturated carbocycles. The normalized spacial score (nSPS) is 12.3. The van der Waals surface area contributed by atoms with Gasteiger partial charge in [0.25, 0.3) is 0 Å². The molecule has 1 aromatic carbocycles. The maximum atomic E-state index is 13.4. The van der Waals surface area contributed by atoms with E-state index in [9.17, 15) is 4.39 Å². The molecule has 0 saturated heterocycles. The molecule has 2 rings (SSSR count). The standard InChI is InChI=1S/C16H18BrFN2/c1-2-7-20-16(12-5-8-19-9-6-12)11-13-10-14(18)3-4-15(13)17/h3-6,8-10,16,20H,2,7,11H2,1H3. The van der Waals surface area contributed by atoms with Gasteiger partial charge >= 0.3 is 0 Å². The second-order valence-electron chi connectivity index (χ2n) is 4.73. The third-order valence-corrected chi connectivity index (χ3v) is 3.95. The Morgan fingerprint density at radius 2 is 2.00 bits per heavy atom. The smallest absolute Gasteiger partial charge is 0.123 e. The monoisotopic (exact) mass is 336 g/mol. The van der Waals surface area contributed by atoms with Gasteiger partial charge in [0.2, 0.25) is 0 Å². The van der Waals surface area contributed by atoms with Gasteiger partial charge in [-0.2, -0.15) is 0 Å². The van der Waals surface area contributed by atoms with E-state index < -0.39 is 0 Å². The average molecular weight is 337 g/mol. The Hall–Kier alpha value is -1.26. The fraction of sp³-hybridized carbons (Fsp3) is 0.312. The minimum Gasteiger partial charge on any atom is -0.310 e. The minimum absolute atomic E-state index is 0.163. The van der Waals surface area contributed by atoms with E-state index in [1.165, 1.54) is 11.6 Å². The Labute approximate surface area is 127 Å². The van der Waals surface area contributed by atoms with E-state index in [4.69, 9.17) is 0 Å². The summed E-state index contributed by atoms with van der Waals surface area (Å²) in [5, 5.41) is 3.51. The summed E-state index contributed by atoms with van der Waals surface area (Å²) in [5.74, 6) is -0.202. The van der Waals surface area contributed by atoms with Crippen molar-refractivity contribution in [1.29, 1.82) is 0 Å². The van der Waals surface area contributed by atoms with Crippen molar-refractivity contribution in [3.8, 4) is 0 Å². The van der Waals surface area contributed by atoms with Gasteiger partial charge in [-0.05, 0) is 60.8 Å². The fourth-order valence-corrected chi connectivity index (χ4v) is 2.55. The van der Waals surface area contributed by atoms with Gasteiger partial charge in [-0.25, -0.2) is 4.39 Å². The Bertz CT molecular complexity index is 545. The number of pyridine rings is 1. The quantitative estimate of drug-likeness (QED) is 0.852. The van der Waals surface area contributed by atoms with Gasteiger partial charge in [-0.3, -0.25) is 4.98 Å². The molecule has 4 heteroatoms. The van der Waals surface area contributed by atoms with Crippen molar-refractivity contribution in [3.05, 3.63) is 64.1 Å². The van der Waals surface area contributed by atoms with Gasteiger partial charge in [-0.1, -0.05) is 22.9 Å². The van der Waals surface area contributed by atoms with Crippen LogP contribution in [0, 0.1) is 5.82 Å². The highest BCUT2D eigenvalue weighted by atomic mass is 79.9. The van der Waals surface area contributed by atoms with Gasteiger partial charge in [0.1, 0.15) is 5.82 Å². The molecular formula is C16H18BrFN2. The first-order valence-electron chi connectivity index (χ1n) is 6.78. The van der Waals surface area contributed by atoms with E-state index in [0.29, 0.717) is 0 Å². The summed E-state index contributed by atoms with van der Waals surface area (Å²) in [5.41, 5.74) is 2.14. The number of benzene rings is 1. The molecule has 20 heavy (non-hydrogen) atoms. The summed E-state index contributed by atoms with van der Waals surface area (Å²) >= 11 is 3.49. The van der Waals surface area contributed by atoms with Gasteiger partial charge in [0.15, 0.2) is 0 Å². The van der Waals surface area contributed by atoms with E-state index in [2.05, 4.69) is 33.2 Å². The Morgan fingerprint density at radius 3 is 2.70 bits per heavy atom. The van der Waals surface area contributed by atoms with Gasteiger partial charge in [0.05, 0.1) is 0 Å². The van der Waals surface area contributed by atoms with E-state index in [1.54, 1.807) is 24.5 Å². The summed E-state index contributed by atoms with van der Waals surface area (Å²) in [6.07, 6.45) is 5.38. The number of hydrogen-bond acceptors (Lipinski definition) is 2. The lowest BCUT2D eigenvalue weighted by atomic mass is 9.99. The first-order valence-corrected chi connectivity index (χ1v) is 7.57. The summed E-state index contributed by atoms with van der Waals surface area (Å²) < 4.78 is 14.3. The van der Waals surface area contributed by atoms with Crippen LogP contribution in [-0.2, 0) is 6.42 Å². The molecule has 0 spiro atoms. The summed E-state index contributed by atoms with van der Waals surface area (Å²) in [6.45, 7) is 3.06. The summed E-state index contributed by atoms with van der Waals surface area (Å²) in [7, 11) is 0. The lowest BCUT2D eigenvalue weighted by molar-refractivity contribution is 0.526. The summed E-state index contributed by atoms with van der Waals surface area (Å²) in [6, 6.07) is 8.98. The highest BCUT2D eigenvalue weighted by Gasteiger charge is 2.13. The zero-order valence-electron chi connectivity index (χ0n) is 11.4. The fourth-order valence-electron chi connectivity index (χ4n) is 2.14. The van der Waals surface area contributed by atoms with E-state index >= 15 is 0 Å². The van der Waals surface area contributed by atoms with Crippen LogP contribution in [0.1, 0.15) is 30.5 Å². The molecule has 1 aromatic heterocycles. The first-order chi connectivity index (χ1) is 9.70. The Morgan fingerprint density at radius 1 is 1.25 bits per heavy atom. The van der Waals surface area contributed by atoms with Crippen molar-refractivity contribution in [2.75, 3.05) is 6.54 Å². The van der Waals surface area contributed by atoms with Crippen LogP contribution in [-0.4, -0.2) is 11.5 Å². The number of aromatic nitrogens is 1. The predicted molar refractivity (Wildman–Crippen MR) is 83.1 cm³/mol. The second-order valence-corrected chi connectivity index (χ2v) is 5.58. The second kappa shape index (κ2) is 7.50. The van der Waals surface area contributed by atoms with Gasteiger partial charge in [-0.15, -0.1) is 0 Å². The molecule has 2 aromatic rings. The molecule has 0 aliphatic heterocycles. The molecule has 1 unspecified atom stereocenters. The van der Waals surface area contributed by atoms with E-state index in [0.717, 1.165) is 29.4 Å². The maximum absolute atomic E-state index is 13.4. The van der Waals surface area contributed by atoms with Crippen molar-refractivity contribution in [2.45, 2.75) is 25.8 Å².